The molecule has 108 valence electrons. The van der Waals surface area contributed by atoms with Crippen LogP contribution in [0.5, 0.6) is 0 Å². The van der Waals surface area contributed by atoms with Crippen molar-refractivity contribution in [1.29, 1.82) is 0 Å². The zero-order valence-electron chi connectivity index (χ0n) is 12.3. The molecule has 0 aromatic heterocycles. The van der Waals surface area contributed by atoms with Gasteiger partial charge in [-0.15, -0.1) is 11.8 Å². The molecule has 5 atom stereocenters. The quantitative estimate of drug-likeness (QED) is 0.886. The number of nitrogens with one attached hydrogen (secondary N) is 1. The van der Waals surface area contributed by atoms with Gasteiger partial charge in [0.25, 0.3) is 0 Å². The van der Waals surface area contributed by atoms with Gasteiger partial charge in [0.1, 0.15) is 0 Å². The molecule has 2 fully saturated rings. The van der Waals surface area contributed by atoms with Crippen LogP contribution in [0.3, 0.4) is 0 Å². The average Bonchev–Trinajstić information content (AvgIpc) is 3.19. The minimum atomic E-state index is 0.676. The number of fused-ring (bicyclic) bond motifs is 3. The van der Waals surface area contributed by atoms with Crippen LogP contribution in [-0.2, 0) is 0 Å². The lowest BCUT2D eigenvalue weighted by molar-refractivity contribution is 0.271. The summed E-state index contributed by atoms with van der Waals surface area (Å²) < 4.78 is 0. The van der Waals surface area contributed by atoms with Crippen molar-refractivity contribution in [3.63, 3.8) is 0 Å². The highest BCUT2D eigenvalue weighted by Crippen LogP contribution is 2.51. The van der Waals surface area contributed by atoms with Crippen LogP contribution in [0.2, 0.25) is 0 Å². The second-order valence-corrected chi connectivity index (χ2v) is 8.08. The lowest BCUT2D eigenvalue weighted by Crippen LogP contribution is -2.35. The van der Waals surface area contributed by atoms with Crippen LogP contribution in [-0.4, -0.2) is 18.8 Å². The monoisotopic (exact) mass is 287 g/mol. The van der Waals surface area contributed by atoms with Crippen LogP contribution < -0.4 is 5.32 Å². The van der Waals surface area contributed by atoms with Crippen molar-refractivity contribution in [2.24, 2.45) is 17.8 Å². The summed E-state index contributed by atoms with van der Waals surface area (Å²) in [4.78, 5) is 1.52. The zero-order chi connectivity index (χ0) is 13.5. The molecule has 2 saturated carbocycles. The Morgan fingerprint density at radius 3 is 2.90 bits per heavy atom. The maximum absolute atomic E-state index is 3.66. The van der Waals surface area contributed by atoms with E-state index in [2.05, 4.69) is 48.4 Å². The Morgan fingerprint density at radius 1 is 1.25 bits per heavy atom. The number of hydrogen-bond acceptors (Lipinski definition) is 2. The van der Waals surface area contributed by atoms with Crippen molar-refractivity contribution in [1.82, 2.24) is 5.32 Å². The fourth-order valence-corrected chi connectivity index (χ4v) is 6.33. The molecule has 4 rings (SSSR count). The van der Waals surface area contributed by atoms with Gasteiger partial charge in [-0.05, 0) is 62.1 Å². The minimum absolute atomic E-state index is 0.676. The summed E-state index contributed by atoms with van der Waals surface area (Å²) in [7, 11) is 2.17. The summed E-state index contributed by atoms with van der Waals surface area (Å²) in [6.07, 6.45) is 7.49. The summed E-state index contributed by atoms with van der Waals surface area (Å²) in [6, 6.07) is 9.71. The molecule has 0 amide bonds. The number of rotatable bonds is 4. The lowest BCUT2D eigenvalue weighted by atomic mass is 9.80. The summed E-state index contributed by atoms with van der Waals surface area (Å²) in [5.74, 6) is 5.13. The molecule has 2 bridgehead atoms. The van der Waals surface area contributed by atoms with Crippen molar-refractivity contribution in [3.05, 3.63) is 29.8 Å². The summed E-state index contributed by atoms with van der Waals surface area (Å²) in [5.41, 5.74) is 1.60. The van der Waals surface area contributed by atoms with E-state index in [1.165, 1.54) is 42.8 Å². The van der Waals surface area contributed by atoms with Gasteiger partial charge in [0, 0.05) is 22.6 Å². The number of hydrogen-bond donors (Lipinski definition) is 1. The molecule has 0 saturated heterocycles. The topological polar surface area (TPSA) is 12.0 Å². The molecule has 0 radical (unpaired) electrons. The molecule has 20 heavy (non-hydrogen) atoms. The lowest BCUT2D eigenvalue weighted by Gasteiger charge is -2.30. The Kier molecular flexibility index (Phi) is 3.55. The van der Waals surface area contributed by atoms with E-state index in [4.69, 9.17) is 0 Å². The first-order chi connectivity index (χ1) is 9.85. The van der Waals surface area contributed by atoms with Crippen molar-refractivity contribution >= 4 is 11.8 Å². The molecule has 2 heteroatoms. The highest BCUT2D eigenvalue weighted by Gasteiger charge is 2.41. The number of thioether (sulfide) groups is 1. The molecule has 0 spiro atoms. The fourth-order valence-electron chi connectivity index (χ4n) is 5.00. The third-order valence-electron chi connectivity index (χ3n) is 6.03. The van der Waals surface area contributed by atoms with Crippen molar-refractivity contribution in [3.8, 4) is 0 Å². The standard InChI is InChI=1S/C18H25NS/c1-19-17(10-14-9-12-6-7-13(14)8-12)16-11-20-18-5-3-2-4-15(16)18/h2-5,12-14,16-17,19H,6-11H2,1H3. The molecular formula is C18H25NS. The molecule has 1 aliphatic heterocycles. The van der Waals surface area contributed by atoms with Gasteiger partial charge >= 0.3 is 0 Å². The van der Waals surface area contributed by atoms with Gasteiger partial charge in [0.2, 0.25) is 0 Å². The van der Waals surface area contributed by atoms with Crippen LogP contribution in [0, 0.1) is 17.8 Å². The molecule has 1 aromatic carbocycles. The van der Waals surface area contributed by atoms with E-state index in [1.54, 1.807) is 5.56 Å². The van der Waals surface area contributed by atoms with E-state index in [-0.39, 0.29) is 0 Å². The predicted octanol–water partition coefficient (Wildman–Crippen LogP) is 4.29. The van der Waals surface area contributed by atoms with Gasteiger partial charge in [-0.2, -0.15) is 0 Å². The average molecular weight is 287 g/mol. The van der Waals surface area contributed by atoms with Crippen molar-refractivity contribution in [2.45, 2.75) is 49.0 Å². The van der Waals surface area contributed by atoms with Crippen LogP contribution in [0.4, 0.5) is 0 Å². The van der Waals surface area contributed by atoms with Gasteiger partial charge in [-0.1, -0.05) is 24.6 Å². The third kappa shape index (κ3) is 2.21. The van der Waals surface area contributed by atoms with E-state index in [0.717, 1.165) is 23.7 Å². The molecule has 1 nitrogen and oxygen atoms in total. The van der Waals surface area contributed by atoms with E-state index >= 15 is 0 Å². The second kappa shape index (κ2) is 5.38. The largest absolute Gasteiger partial charge is 0.316 e. The molecular weight excluding hydrogens is 262 g/mol. The SMILES string of the molecule is CNC(CC1CC2CCC1C2)C1CSc2ccccc21. The second-order valence-electron chi connectivity index (χ2n) is 7.02. The van der Waals surface area contributed by atoms with E-state index in [9.17, 15) is 0 Å². The van der Waals surface area contributed by atoms with Gasteiger partial charge < -0.3 is 5.32 Å². The maximum Gasteiger partial charge on any atom is 0.0144 e. The van der Waals surface area contributed by atoms with Gasteiger partial charge in [-0.3, -0.25) is 0 Å². The van der Waals surface area contributed by atoms with E-state index < -0.39 is 0 Å². The Hall–Kier alpha value is -0.470. The summed E-state index contributed by atoms with van der Waals surface area (Å²) in [6.45, 7) is 0. The number of likely N-dealkylation sites (N-methyl/N-ethyl adjacent to an activating group) is 1. The van der Waals surface area contributed by atoms with Gasteiger partial charge in [0.05, 0.1) is 0 Å². The minimum Gasteiger partial charge on any atom is -0.316 e. The normalized spacial score (nSPS) is 36.2. The molecule has 5 unspecified atom stereocenters. The first kappa shape index (κ1) is 13.2. The Bertz CT molecular complexity index is 486. The highest BCUT2D eigenvalue weighted by atomic mass is 32.2. The molecule has 3 aliphatic rings. The zero-order valence-corrected chi connectivity index (χ0v) is 13.2. The Labute approximate surface area is 126 Å². The van der Waals surface area contributed by atoms with Crippen LogP contribution in [0.15, 0.2) is 29.2 Å². The van der Waals surface area contributed by atoms with Crippen LogP contribution in [0.25, 0.3) is 0 Å². The summed E-state index contributed by atoms with van der Waals surface area (Å²) in [5, 5.41) is 3.66. The summed E-state index contributed by atoms with van der Waals surface area (Å²) >= 11 is 2.05. The Balaban J connectivity index is 1.49. The van der Waals surface area contributed by atoms with Crippen molar-refractivity contribution < 1.29 is 0 Å². The number of benzene rings is 1. The van der Waals surface area contributed by atoms with E-state index in [0.29, 0.717) is 6.04 Å². The van der Waals surface area contributed by atoms with Gasteiger partial charge in [0.15, 0.2) is 0 Å². The molecule has 1 N–H and O–H groups in total. The predicted molar refractivity (Wildman–Crippen MR) is 86.3 cm³/mol. The first-order valence-electron chi connectivity index (χ1n) is 8.24. The van der Waals surface area contributed by atoms with Gasteiger partial charge in [-0.25, -0.2) is 0 Å². The fraction of sp³-hybridized carbons (Fsp3) is 0.667. The Morgan fingerprint density at radius 2 is 2.15 bits per heavy atom. The molecule has 2 aliphatic carbocycles. The maximum atomic E-state index is 3.66. The first-order valence-corrected chi connectivity index (χ1v) is 9.22. The highest BCUT2D eigenvalue weighted by molar-refractivity contribution is 7.99. The third-order valence-corrected chi connectivity index (χ3v) is 7.24. The van der Waals surface area contributed by atoms with E-state index in [1.807, 2.05) is 0 Å². The smallest absolute Gasteiger partial charge is 0.0144 e. The van der Waals surface area contributed by atoms with Crippen molar-refractivity contribution in [2.75, 3.05) is 12.8 Å². The van der Waals surface area contributed by atoms with Crippen LogP contribution >= 0.6 is 11.8 Å². The molecule has 1 heterocycles. The van der Waals surface area contributed by atoms with Crippen LogP contribution in [0.1, 0.15) is 43.6 Å². The molecule has 1 aromatic rings.